The van der Waals surface area contributed by atoms with Crippen LogP contribution in [0.15, 0.2) is 18.2 Å². The van der Waals surface area contributed by atoms with E-state index in [1.165, 1.54) is 12.1 Å². The van der Waals surface area contributed by atoms with E-state index in [2.05, 4.69) is 5.32 Å². The zero-order chi connectivity index (χ0) is 12.7. The maximum atomic E-state index is 13.7. The lowest BCUT2D eigenvalue weighted by atomic mass is 9.94. The predicted octanol–water partition coefficient (Wildman–Crippen LogP) is 2.94. The van der Waals surface area contributed by atoms with E-state index in [0.717, 1.165) is 25.3 Å². The van der Waals surface area contributed by atoms with Crippen molar-refractivity contribution in [3.8, 4) is 0 Å². The fraction of sp³-hybridized carbons (Fsp3) is 0.571. The highest BCUT2D eigenvalue weighted by Crippen LogP contribution is 2.35. The third-order valence-electron chi connectivity index (χ3n) is 4.00. The van der Waals surface area contributed by atoms with Gasteiger partial charge in [-0.1, -0.05) is 6.07 Å². The SMILES string of the molecule is CC(NC1CC2CCC1O2)c1ccc(F)cc1F. The third kappa shape index (κ3) is 2.15. The average molecular weight is 253 g/mol. The highest BCUT2D eigenvalue weighted by atomic mass is 19.1. The highest BCUT2D eigenvalue weighted by molar-refractivity contribution is 5.22. The molecule has 0 aromatic heterocycles. The van der Waals surface area contributed by atoms with E-state index in [1.807, 2.05) is 6.92 Å². The lowest BCUT2D eigenvalue weighted by molar-refractivity contribution is 0.0962. The molecule has 2 heterocycles. The van der Waals surface area contributed by atoms with Crippen LogP contribution in [0.1, 0.15) is 37.8 Å². The minimum atomic E-state index is -0.535. The van der Waals surface area contributed by atoms with Crippen LogP contribution in [-0.2, 0) is 4.74 Å². The zero-order valence-corrected chi connectivity index (χ0v) is 10.3. The Morgan fingerprint density at radius 2 is 2.17 bits per heavy atom. The first kappa shape index (κ1) is 12.1. The number of hydrogen-bond acceptors (Lipinski definition) is 2. The molecular weight excluding hydrogens is 236 g/mol. The van der Waals surface area contributed by atoms with Gasteiger partial charge >= 0.3 is 0 Å². The van der Waals surface area contributed by atoms with Crippen molar-refractivity contribution in [1.29, 1.82) is 0 Å². The van der Waals surface area contributed by atoms with Crippen LogP contribution in [0.25, 0.3) is 0 Å². The molecule has 2 fully saturated rings. The molecule has 2 aliphatic rings. The molecule has 2 nitrogen and oxygen atoms in total. The Bertz CT molecular complexity index is 451. The van der Waals surface area contributed by atoms with Crippen LogP contribution in [0.4, 0.5) is 8.78 Å². The molecule has 4 heteroatoms. The summed E-state index contributed by atoms with van der Waals surface area (Å²) in [6, 6.07) is 3.91. The molecule has 0 saturated carbocycles. The van der Waals surface area contributed by atoms with Crippen molar-refractivity contribution in [2.24, 2.45) is 0 Å². The normalized spacial score (nSPS) is 31.8. The second kappa shape index (κ2) is 4.59. The summed E-state index contributed by atoms with van der Waals surface area (Å²) in [5, 5.41) is 3.40. The van der Waals surface area contributed by atoms with Gasteiger partial charge in [0.25, 0.3) is 0 Å². The molecule has 3 rings (SSSR count). The second-order valence-electron chi connectivity index (χ2n) is 5.27. The quantitative estimate of drug-likeness (QED) is 0.894. The molecule has 0 radical (unpaired) electrons. The Labute approximate surface area is 105 Å². The molecule has 4 unspecified atom stereocenters. The van der Waals surface area contributed by atoms with Crippen LogP contribution >= 0.6 is 0 Å². The van der Waals surface area contributed by atoms with E-state index in [0.29, 0.717) is 17.7 Å². The van der Waals surface area contributed by atoms with E-state index in [4.69, 9.17) is 4.74 Å². The summed E-state index contributed by atoms with van der Waals surface area (Å²) in [5.41, 5.74) is 0.513. The van der Waals surface area contributed by atoms with Gasteiger partial charge in [-0.2, -0.15) is 0 Å². The summed E-state index contributed by atoms with van der Waals surface area (Å²) in [5.74, 6) is -1.02. The van der Waals surface area contributed by atoms with E-state index >= 15 is 0 Å². The summed E-state index contributed by atoms with van der Waals surface area (Å²) >= 11 is 0. The molecule has 1 aromatic carbocycles. The Morgan fingerprint density at radius 3 is 2.78 bits per heavy atom. The first-order valence-corrected chi connectivity index (χ1v) is 6.50. The molecule has 2 bridgehead atoms. The van der Waals surface area contributed by atoms with Crippen LogP contribution in [0.3, 0.4) is 0 Å². The van der Waals surface area contributed by atoms with Gasteiger partial charge in [0.15, 0.2) is 0 Å². The molecule has 0 spiro atoms. The zero-order valence-electron chi connectivity index (χ0n) is 10.3. The predicted molar refractivity (Wildman–Crippen MR) is 64.2 cm³/mol. The van der Waals surface area contributed by atoms with Crippen LogP contribution in [-0.4, -0.2) is 18.2 Å². The van der Waals surface area contributed by atoms with E-state index in [1.54, 1.807) is 0 Å². The van der Waals surface area contributed by atoms with Crippen molar-refractivity contribution in [1.82, 2.24) is 5.32 Å². The van der Waals surface area contributed by atoms with Crippen LogP contribution in [0, 0.1) is 11.6 Å². The van der Waals surface area contributed by atoms with Crippen molar-refractivity contribution in [2.75, 3.05) is 0 Å². The number of fused-ring (bicyclic) bond motifs is 2. The van der Waals surface area contributed by atoms with Crippen molar-refractivity contribution in [3.05, 3.63) is 35.4 Å². The summed E-state index contributed by atoms with van der Waals surface area (Å²) in [6.45, 7) is 1.91. The monoisotopic (exact) mass is 253 g/mol. The number of rotatable bonds is 3. The molecule has 1 N–H and O–H groups in total. The fourth-order valence-electron chi connectivity index (χ4n) is 3.08. The summed E-state index contributed by atoms with van der Waals surface area (Å²) in [4.78, 5) is 0. The van der Waals surface area contributed by atoms with E-state index in [9.17, 15) is 8.78 Å². The lowest BCUT2D eigenvalue weighted by Gasteiger charge is -2.25. The van der Waals surface area contributed by atoms with Crippen molar-refractivity contribution >= 4 is 0 Å². The number of benzene rings is 1. The van der Waals surface area contributed by atoms with Crippen molar-refractivity contribution < 1.29 is 13.5 Å². The standard InChI is InChI=1S/C14H17F2NO/c1-8(11-4-2-9(15)6-12(11)16)17-13-7-10-3-5-14(13)18-10/h2,4,6,8,10,13-14,17H,3,5,7H2,1H3. The van der Waals surface area contributed by atoms with Gasteiger partial charge in [-0.25, -0.2) is 8.78 Å². The molecule has 0 amide bonds. The molecule has 18 heavy (non-hydrogen) atoms. The minimum absolute atomic E-state index is 0.126. The highest BCUT2D eigenvalue weighted by Gasteiger charge is 2.41. The molecule has 0 aliphatic carbocycles. The van der Waals surface area contributed by atoms with Crippen molar-refractivity contribution in [2.45, 2.75) is 50.5 Å². The first-order chi connectivity index (χ1) is 8.63. The van der Waals surface area contributed by atoms with Crippen molar-refractivity contribution in [3.63, 3.8) is 0 Å². The third-order valence-corrected chi connectivity index (χ3v) is 4.00. The Morgan fingerprint density at radius 1 is 1.33 bits per heavy atom. The molecule has 98 valence electrons. The second-order valence-corrected chi connectivity index (χ2v) is 5.27. The van der Waals surface area contributed by atoms with Crippen LogP contribution in [0.2, 0.25) is 0 Å². The Balaban J connectivity index is 1.69. The Hall–Kier alpha value is -1.00. The smallest absolute Gasteiger partial charge is 0.130 e. The van der Waals surface area contributed by atoms with Gasteiger partial charge in [-0.05, 0) is 32.3 Å². The molecule has 2 aliphatic heterocycles. The van der Waals surface area contributed by atoms with Crippen LogP contribution < -0.4 is 5.32 Å². The van der Waals surface area contributed by atoms with Gasteiger partial charge in [-0.15, -0.1) is 0 Å². The molecule has 1 aromatic rings. The van der Waals surface area contributed by atoms with Gasteiger partial charge in [0.2, 0.25) is 0 Å². The largest absolute Gasteiger partial charge is 0.373 e. The molecular formula is C14H17F2NO. The molecule has 4 atom stereocenters. The van der Waals surface area contributed by atoms with Gasteiger partial charge in [-0.3, -0.25) is 0 Å². The van der Waals surface area contributed by atoms with Crippen LogP contribution in [0.5, 0.6) is 0 Å². The summed E-state index contributed by atoms with van der Waals surface area (Å²) < 4.78 is 32.3. The fourth-order valence-corrected chi connectivity index (χ4v) is 3.08. The first-order valence-electron chi connectivity index (χ1n) is 6.50. The number of hydrogen-bond donors (Lipinski definition) is 1. The minimum Gasteiger partial charge on any atom is -0.373 e. The summed E-state index contributed by atoms with van der Waals surface area (Å²) in [6.07, 6.45) is 3.86. The topological polar surface area (TPSA) is 21.3 Å². The molecule has 2 saturated heterocycles. The Kier molecular flexibility index (Phi) is 3.08. The number of ether oxygens (including phenoxy) is 1. The van der Waals surface area contributed by atoms with Gasteiger partial charge in [0.1, 0.15) is 11.6 Å². The van der Waals surface area contributed by atoms with E-state index < -0.39 is 11.6 Å². The maximum absolute atomic E-state index is 13.7. The number of nitrogens with one attached hydrogen (secondary N) is 1. The number of halogens is 2. The van der Waals surface area contributed by atoms with Gasteiger partial charge < -0.3 is 10.1 Å². The van der Waals surface area contributed by atoms with E-state index in [-0.39, 0.29) is 12.1 Å². The average Bonchev–Trinajstić information content (AvgIpc) is 2.90. The lowest BCUT2D eigenvalue weighted by Crippen LogP contribution is -2.39. The summed E-state index contributed by atoms with van der Waals surface area (Å²) in [7, 11) is 0. The maximum Gasteiger partial charge on any atom is 0.130 e. The van der Waals surface area contributed by atoms with Gasteiger partial charge in [0, 0.05) is 23.7 Å². The van der Waals surface area contributed by atoms with Gasteiger partial charge in [0.05, 0.1) is 12.2 Å².